The number of nitrogens with one attached hydrogen (secondary N) is 1. The second kappa shape index (κ2) is 7.29. The lowest BCUT2D eigenvalue weighted by Crippen LogP contribution is -2.40. The summed E-state index contributed by atoms with van der Waals surface area (Å²) in [5, 5.41) is 9.82. The van der Waals surface area contributed by atoms with Crippen molar-refractivity contribution in [1.82, 2.24) is 10.0 Å². The molecule has 0 saturated heterocycles. The van der Waals surface area contributed by atoms with E-state index in [1.165, 1.54) is 5.56 Å². The van der Waals surface area contributed by atoms with Crippen LogP contribution in [0.1, 0.15) is 11.1 Å². The minimum Gasteiger partial charge on any atom is -0.347 e. The molecule has 0 saturated carbocycles. The van der Waals surface area contributed by atoms with E-state index in [0.29, 0.717) is 6.42 Å². The van der Waals surface area contributed by atoms with Crippen LogP contribution in [0.15, 0.2) is 60.8 Å². The van der Waals surface area contributed by atoms with E-state index in [-0.39, 0.29) is 0 Å². The molecule has 4 N–H and O–H groups in total. The van der Waals surface area contributed by atoms with Crippen molar-refractivity contribution < 1.29 is 10.0 Å². The summed E-state index contributed by atoms with van der Waals surface area (Å²) in [4.78, 5) is 11.5. The fourth-order valence-electron chi connectivity index (χ4n) is 2.98. The molecule has 1 heterocycles. The van der Waals surface area contributed by atoms with Crippen LogP contribution in [0, 0.1) is 0 Å². The van der Waals surface area contributed by atoms with Crippen molar-refractivity contribution in [2.45, 2.75) is 25.4 Å². The molecular formula is C19H21N3O2. The largest absolute Gasteiger partial charge is 0.347 e. The molecule has 0 aliphatic carbocycles. The molecule has 3 rings (SSSR count). The smallest absolute Gasteiger partial charge is 0.260 e. The van der Waals surface area contributed by atoms with Crippen LogP contribution >= 0.6 is 0 Å². The molecular weight excluding hydrogens is 302 g/mol. The van der Waals surface area contributed by atoms with Crippen LogP contribution in [-0.4, -0.2) is 21.7 Å². The maximum atomic E-state index is 11.5. The zero-order valence-corrected chi connectivity index (χ0v) is 13.4. The molecule has 0 aliphatic rings. The van der Waals surface area contributed by atoms with E-state index in [4.69, 9.17) is 10.9 Å². The molecule has 1 atom stereocenters. The molecule has 1 aromatic heterocycles. The number of amides is 1. The molecule has 0 spiro atoms. The molecule has 0 bridgehead atoms. The number of aromatic nitrogens is 1. The minimum absolute atomic E-state index is 0.380. The van der Waals surface area contributed by atoms with Gasteiger partial charge in [0.25, 0.3) is 5.91 Å². The number of hydroxylamine groups is 1. The van der Waals surface area contributed by atoms with Crippen LogP contribution in [0.5, 0.6) is 0 Å². The van der Waals surface area contributed by atoms with Crippen molar-refractivity contribution in [1.29, 1.82) is 0 Å². The van der Waals surface area contributed by atoms with Gasteiger partial charge in [-0.15, -0.1) is 0 Å². The summed E-state index contributed by atoms with van der Waals surface area (Å²) in [5.41, 5.74) is 10.9. The zero-order valence-electron chi connectivity index (χ0n) is 13.4. The number of fused-ring (bicyclic) bond motifs is 1. The number of hydrogen-bond acceptors (Lipinski definition) is 3. The lowest BCUT2D eigenvalue weighted by molar-refractivity contribution is -0.130. The first-order chi connectivity index (χ1) is 11.7. The molecule has 0 unspecified atom stereocenters. The number of para-hydroxylation sites is 1. The van der Waals surface area contributed by atoms with Crippen LogP contribution in [-0.2, 0) is 24.2 Å². The zero-order chi connectivity index (χ0) is 16.9. The fraction of sp³-hybridized carbons (Fsp3) is 0.211. The Balaban J connectivity index is 1.84. The average Bonchev–Trinajstić information content (AvgIpc) is 2.98. The average molecular weight is 323 g/mol. The van der Waals surface area contributed by atoms with Gasteiger partial charge >= 0.3 is 0 Å². The monoisotopic (exact) mass is 323 g/mol. The number of hydrogen-bond donors (Lipinski definition) is 3. The molecule has 5 nitrogen and oxygen atoms in total. The van der Waals surface area contributed by atoms with Gasteiger partial charge in [0, 0.05) is 23.6 Å². The van der Waals surface area contributed by atoms with Crippen LogP contribution in [0.2, 0.25) is 0 Å². The summed E-state index contributed by atoms with van der Waals surface area (Å²) >= 11 is 0. The molecule has 0 fully saturated rings. The lowest BCUT2D eigenvalue weighted by Gasteiger charge is -2.08. The predicted molar refractivity (Wildman–Crippen MR) is 93.7 cm³/mol. The normalized spacial score (nSPS) is 12.2. The molecule has 1 amide bonds. The summed E-state index contributed by atoms with van der Waals surface area (Å²) in [5.74, 6) is -0.573. The number of nitrogens with two attached hydrogens (primary N) is 1. The highest BCUT2D eigenvalue weighted by Gasteiger charge is 2.16. The van der Waals surface area contributed by atoms with Gasteiger partial charge in [-0.1, -0.05) is 48.5 Å². The highest BCUT2D eigenvalue weighted by Crippen LogP contribution is 2.23. The number of carbonyl (C=O) groups excluding carboxylic acids is 1. The molecule has 3 aromatic rings. The Labute approximate surface area is 140 Å². The van der Waals surface area contributed by atoms with Crippen LogP contribution in [0.4, 0.5) is 0 Å². The number of nitrogens with zero attached hydrogens (tertiary/aromatic N) is 1. The predicted octanol–water partition coefficient (Wildman–Crippen LogP) is 2.26. The number of aryl methyl sites for hydroxylation is 2. The van der Waals surface area contributed by atoms with Crippen LogP contribution in [0.25, 0.3) is 10.9 Å². The summed E-state index contributed by atoms with van der Waals surface area (Å²) in [6.45, 7) is 0.853. The SMILES string of the molecule is N[C@@H](Cc1cn(CCc2ccccc2)c2ccccc12)C(=O)NO. The number of benzene rings is 2. The number of rotatable bonds is 6. The molecule has 0 radical (unpaired) electrons. The van der Waals surface area contributed by atoms with Gasteiger partial charge in [-0.2, -0.15) is 0 Å². The molecule has 0 aliphatic heterocycles. The second-order valence-electron chi connectivity index (χ2n) is 5.89. The third-order valence-corrected chi connectivity index (χ3v) is 4.24. The van der Waals surface area contributed by atoms with E-state index < -0.39 is 11.9 Å². The van der Waals surface area contributed by atoms with Crippen LogP contribution < -0.4 is 11.2 Å². The van der Waals surface area contributed by atoms with Gasteiger partial charge in [-0.25, -0.2) is 5.48 Å². The van der Waals surface area contributed by atoms with Crippen molar-refractivity contribution in [2.24, 2.45) is 5.73 Å². The Morgan fingerprint density at radius 3 is 2.58 bits per heavy atom. The molecule has 2 aromatic carbocycles. The van der Waals surface area contributed by atoms with Crippen molar-refractivity contribution in [3.63, 3.8) is 0 Å². The van der Waals surface area contributed by atoms with Gasteiger partial charge in [0.1, 0.15) is 0 Å². The Hall–Kier alpha value is -2.63. The third kappa shape index (κ3) is 3.48. The maximum Gasteiger partial charge on any atom is 0.260 e. The van der Waals surface area contributed by atoms with Crippen molar-refractivity contribution >= 4 is 16.8 Å². The van der Waals surface area contributed by atoms with E-state index in [1.54, 1.807) is 5.48 Å². The lowest BCUT2D eigenvalue weighted by atomic mass is 10.1. The topological polar surface area (TPSA) is 80.3 Å². The highest BCUT2D eigenvalue weighted by molar-refractivity contribution is 5.86. The quantitative estimate of drug-likeness (QED) is 0.481. The second-order valence-corrected chi connectivity index (χ2v) is 5.89. The van der Waals surface area contributed by atoms with Gasteiger partial charge in [-0.05, 0) is 30.0 Å². The van der Waals surface area contributed by atoms with Gasteiger partial charge < -0.3 is 10.3 Å². The van der Waals surface area contributed by atoms with E-state index in [9.17, 15) is 4.79 Å². The minimum atomic E-state index is -0.775. The first-order valence-electron chi connectivity index (χ1n) is 7.99. The Bertz CT molecular complexity index is 827. The Kier molecular flexibility index (Phi) is 4.93. The first kappa shape index (κ1) is 16.2. The van der Waals surface area contributed by atoms with Gasteiger partial charge in [0.2, 0.25) is 0 Å². The molecule has 24 heavy (non-hydrogen) atoms. The first-order valence-corrected chi connectivity index (χ1v) is 7.99. The maximum absolute atomic E-state index is 11.5. The van der Waals surface area contributed by atoms with Crippen LogP contribution in [0.3, 0.4) is 0 Å². The molecule has 124 valence electrons. The van der Waals surface area contributed by atoms with Crippen molar-refractivity contribution in [2.75, 3.05) is 0 Å². The van der Waals surface area contributed by atoms with Gasteiger partial charge in [0.05, 0.1) is 6.04 Å². The summed E-state index contributed by atoms with van der Waals surface area (Å²) in [6, 6.07) is 17.7. The Morgan fingerprint density at radius 2 is 1.83 bits per heavy atom. The Morgan fingerprint density at radius 1 is 1.12 bits per heavy atom. The highest BCUT2D eigenvalue weighted by atomic mass is 16.5. The number of carbonyl (C=O) groups is 1. The third-order valence-electron chi connectivity index (χ3n) is 4.24. The van der Waals surface area contributed by atoms with E-state index in [0.717, 1.165) is 29.4 Å². The summed E-state index contributed by atoms with van der Waals surface area (Å²) in [7, 11) is 0. The van der Waals surface area contributed by atoms with Crippen molar-refractivity contribution in [3.05, 3.63) is 71.9 Å². The fourth-order valence-corrected chi connectivity index (χ4v) is 2.98. The standard InChI is InChI=1S/C19H21N3O2/c20-17(19(23)21-24)12-15-13-22(18-9-5-4-8-16(15)18)11-10-14-6-2-1-3-7-14/h1-9,13,17,24H,10-12,20H2,(H,21,23)/t17-/m0/s1. The van der Waals surface area contributed by atoms with E-state index in [2.05, 4.69) is 29.0 Å². The van der Waals surface area contributed by atoms with Gasteiger partial charge in [-0.3, -0.25) is 10.0 Å². The van der Waals surface area contributed by atoms with Crippen molar-refractivity contribution in [3.8, 4) is 0 Å². The molecule has 5 heteroatoms. The van der Waals surface area contributed by atoms with E-state index >= 15 is 0 Å². The summed E-state index contributed by atoms with van der Waals surface area (Å²) in [6.07, 6.45) is 3.37. The van der Waals surface area contributed by atoms with Gasteiger partial charge in [0.15, 0.2) is 0 Å². The van der Waals surface area contributed by atoms with E-state index in [1.807, 2.05) is 36.4 Å². The summed E-state index contributed by atoms with van der Waals surface area (Å²) < 4.78 is 2.20.